The van der Waals surface area contributed by atoms with Crippen LogP contribution in [0.25, 0.3) is 0 Å². The van der Waals surface area contributed by atoms with Crippen LogP contribution in [0.2, 0.25) is 0 Å². The van der Waals surface area contributed by atoms with Crippen molar-refractivity contribution in [1.29, 1.82) is 0 Å². The van der Waals surface area contributed by atoms with Crippen molar-refractivity contribution < 1.29 is 4.79 Å². The van der Waals surface area contributed by atoms with E-state index < -0.39 is 0 Å². The second-order valence-electron chi connectivity index (χ2n) is 5.64. The molecule has 0 bridgehead atoms. The van der Waals surface area contributed by atoms with Gasteiger partial charge in [-0.3, -0.25) is 14.5 Å². The third-order valence-electron chi connectivity index (χ3n) is 4.04. The molecular weight excluding hydrogens is 264 g/mol. The van der Waals surface area contributed by atoms with Crippen LogP contribution >= 0.6 is 0 Å². The van der Waals surface area contributed by atoms with Gasteiger partial charge in [0, 0.05) is 43.6 Å². The molecule has 2 aromatic heterocycles. The summed E-state index contributed by atoms with van der Waals surface area (Å²) in [6.07, 6.45) is 3.74. The maximum Gasteiger partial charge on any atom is 0.274 e. The molecule has 1 amide bonds. The fraction of sp³-hybridized carbons (Fsp3) is 0.438. The van der Waals surface area contributed by atoms with Crippen LogP contribution in [0.4, 0.5) is 0 Å². The molecule has 0 unspecified atom stereocenters. The summed E-state index contributed by atoms with van der Waals surface area (Å²) in [6.45, 7) is 3.56. The van der Waals surface area contributed by atoms with Gasteiger partial charge in [-0.2, -0.15) is 5.10 Å². The summed E-state index contributed by atoms with van der Waals surface area (Å²) in [4.78, 5) is 18.9. The van der Waals surface area contributed by atoms with E-state index in [1.165, 1.54) is 0 Å². The third-order valence-corrected chi connectivity index (χ3v) is 4.04. The summed E-state index contributed by atoms with van der Waals surface area (Å²) in [7, 11) is 1.83. The van der Waals surface area contributed by atoms with Crippen LogP contribution in [-0.2, 0) is 7.05 Å². The Labute approximate surface area is 124 Å². The van der Waals surface area contributed by atoms with Crippen molar-refractivity contribution in [3.05, 3.63) is 47.5 Å². The van der Waals surface area contributed by atoms with E-state index in [9.17, 15) is 4.79 Å². The molecule has 1 aliphatic rings. The minimum Gasteiger partial charge on any atom is -0.337 e. The topological polar surface area (TPSA) is 51.0 Å². The van der Waals surface area contributed by atoms with E-state index in [4.69, 9.17) is 0 Å². The quantitative estimate of drug-likeness (QED) is 0.849. The lowest BCUT2D eigenvalue weighted by molar-refractivity contribution is 0.0705. The number of piperidine rings is 1. The molecule has 0 aliphatic carbocycles. The first-order chi connectivity index (χ1) is 10.1. The molecule has 1 fully saturated rings. The molecule has 110 valence electrons. The summed E-state index contributed by atoms with van der Waals surface area (Å²) in [6, 6.07) is 7.94. The van der Waals surface area contributed by atoms with Gasteiger partial charge in [-0.05, 0) is 38.0 Å². The van der Waals surface area contributed by atoms with Gasteiger partial charge in [0.2, 0.25) is 0 Å². The summed E-state index contributed by atoms with van der Waals surface area (Å²) < 4.78 is 1.66. The number of hydrogen-bond acceptors (Lipinski definition) is 3. The molecule has 21 heavy (non-hydrogen) atoms. The Morgan fingerprint density at radius 1 is 1.24 bits per heavy atom. The van der Waals surface area contributed by atoms with Gasteiger partial charge in [-0.1, -0.05) is 6.07 Å². The molecule has 0 saturated carbocycles. The zero-order valence-corrected chi connectivity index (χ0v) is 12.5. The second kappa shape index (κ2) is 5.68. The van der Waals surface area contributed by atoms with Gasteiger partial charge in [-0.25, -0.2) is 0 Å². The van der Waals surface area contributed by atoms with Gasteiger partial charge in [0.1, 0.15) is 5.69 Å². The molecule has 0 radical (unpaired) electrons. The van der Waals surface area contributed by atoms with Crippen molar-refractivity contribution in [2.24, 2.45) is 7.05 Å². The van der Waals surface area contributed by atoms with E-state index in [1.807, 2.05) is 24.9 Å². The largest absolute Gasteiger partial charge is 0.337 e. The van der Waals surface area contributed by atoms with E-state index in [2.05, 4.69) is 22.2 Å². The first-order valence-electron chi connectivity index (χ1n) is 7.36. The molecule has 1 aliphatic heterocycles. The van der Waals surface area contributed by atoms with E-state index in [0.29, 0.717) is 11.6 Å². The average Bonchev–Trinajstić information content (AvgIpc) is 2.93. The molecule has 0 N–H and O–H groups in total. The van der Waals surface area contributed by atoms with Gasteiger partial charge >= 0.3 is 0 Å². The maximum absolute atomic E-state index is 12.3. The normalized spacial score (nSPS) is 16.2. The van der Waals surface area contributed by atoms with Crippen molar-refractivity contribution >= 4 is 5.91 Å². The zero-order valence-electron chi connectivity index (χ0n) is 12.5. The molecule has 2 aromatic rings. The minimum absolute atomic E-state index is 0.0336. The molecule has 5 heteroatoms. The molecule has 3 rings (SSSR count). The second-order valence-corrected chi connectivity index (χ2v) is 5.64. The third kappa shape index (κ3) is 2.96. The fourth-order valence-electron chi connectivity index (χ4n) is 2.86. The Morgan fingerprint density at radius 2 is 2.00 bits per heavy atom. The highest BCUT2D eigenvalue weighted by Crippen LogP contribution is 2.27. The SMILES string of the molecule is Cc1cccc(C2CCN(C(=O)c3ccn(C)n3)CC2)n1. The number of carbonyl (C=O) groups excluding carboxylic acids is 1. The standard InChI is InChI=1S/C16H20N4O/c1-12-4-3-5-14(17-12)13-6-10-20(11-7-13)16(21)15-8-9-19(2)18-15/h3-5,8-9,13H,6-7,10-11H2,1-2H3. The Bertz CT molecular complexity index is 641. The van der Waals surface area contributed by atoms with Gasteiger partial charge in [0.05, 0.1) is 0 Å². The van der Waals surface area contributed by atoms with Crippen LogP contribution in [0.15, 0.2) is 30.5 Å². The van der Waals surface area contributed by atoms with Crippen LogP contribution < -0.4 is 0 Å². The number of carbonyl (C=O) groups is 1. The molecule has 1 saturated heterocycles. The highest BCUT2D eigenvalue weighted by atomic mass is 16.2. The lowest BCUT2D eigenvalue weighted by atomic mass is 9.93. The number of aryl methyl sites for hydroxylation is 2. The Hall–Kier alpha value is -2.17. The van der Waals surface area contributed by atoms with E-state index >= 15 is 0 Å². The summed E-state index contributed by atoms with van der Waals surface area (Å²) >= 11 is 0. The Balaban J connectivity index is 1.64. The van der Waals surface area contributed by atoms with Crippen LogP contribution in [0.5, 0.6) is 0 Å². The monoisotopic (exact) mass is 284 g/mol. The van der Waals surface area contributed by atoms with E-state index in [1.54, 1.807) is 16.9 Å². The summed E-state index contributed by atoms with van der Waals surface area (Å²) in [5.74, 6) is 0.490. The Kier molecular flexibility index (Phi) is 3.73. The van der Waals surface area contributed by atoms with Crippen molar-refractivity contribution in [1.82, 2.24) is 19.7 Å². The highest BCUT2D eigenvalue weighted by molar-refractivity contribution is 5.92. The molecular formula is C16H20N4O. The van der Waals surface area contributed by atoms with Gasteiger partial charge < -0.3 is 4.90 Å². The number of pyridine rings is 1. The zero-order chi connectivity index (χ0) is 14.8. The van der Waals surface area contributed by atoms with Crippen molar-refractivity contribution in [2.45, 2.75) is 25.7 Å². The molecule has 5 nitrogen and oxygen atoms in total. The number of aromatic nitrogens is 3. The van der Waals surface area contributed by atoms with Crippen LogP contribution in [0.1, 0.15) is 40.6 Å². The minimum atomic E-state index is 0.0336. The highest BCUT2D eigenvalue weighted by Gasteiger charge is 2.26. The number of rotatable bonds is 2. The smallest absolute Gasteiger partial charge is 0.274 e. The summed E-state index contributed by atoms with van der Waals surface area (Å²) in [5, 5.41) is 4.19. The van der Waals surface area contributed by atoms with Crippen LogP contribution in [0.3, 0.4) is 0 Å². The molecule has 3 heterocycles. The molecule has 0 spiro atoms. The number of nitrogens with zero attached hydrogens (tertiary/aromatic N) is 4. The van der Waals surface area contributed by atoms with Crippen molar-refractivity contribution in [2.75, 3.05) is 13.1 Å². The van der Waals surface area contributed by atoms with Crippen molar-refractivity contribution in [3.63, 3.8) is 0 Å². The van der Waals surface area contributed by atoms with Gasteiger partial charge in [-0.15, -0.1) is 0 Å². The number of hydrogen-bond donors (Lipinski definition) is 0. The first kappa shape index (κ1) is 13.8. The molecule has 0 aromatic carbocycles. The van der Waals surface area contributed by atoms with Crippen LogP contribution in [0, 0.1) is 6.92 Å². The first-order valence-corrected chi connectivity index (χ1v) is 7.36. The van der Waals surface area contributed by atoms with E-state index in [-0.39, 0.29) is 5.91 Å². The lowest BCUT2D eigenvalue weighted by Gasteiger charge is -2.31. The maximum atomic E-state index is 12.3. The van der Waals surface area contributed by atoms with Crippen LogP contribution in [-0.4, -0.2) is 38.7 Å². The molecule has 0 atom stereocenters. The van der Waals surface area contributed by atoms with Gasteiger partial charge in [0.25, 0.3) is 5.91 Å². The number of likely N-dealkylation sites (tertiary alicyclic amines) is 1. The van der Waals surface area contributed by atoms with Crippen molar-refractivity contribution in [3.8, 4) is 0 Å². The fourth-order valence-corrected chi connectivity index (χ4v) is 2.86. The number of amides is 1. The van der Waals surface area contributed by atoms with Gasteiger partial charge in [0.15, 0.2) is 0 Å². The summed E-state index contributed by atoms with van der Waals surface area (Å²) in [5.41, 5.74) is 2.74. The average molecular weight is 284 g/mol. The lowest BCUT2D eigenvalue weighted by Crippen LogP contribution is -2.38. The predicted molar refractivity (Wildman–Crippen MR) is 80.1 cm³/mol. The van der Waals surface area contributed by atoms with E-state index in [0.717, 1.165) is 37.3 Å². The Morgan fingerprint density at radius 3 is 2.62 bits per heavy atom. The predicted octanol–water partition coefficient (Wildman–Crippen LogP) is 2.14.